The van der Waals surface area contributed by atoms with E-state index < -0.39 is 0 Å². The van der Waals surface area contributed by atoms with Crippen LogP contribution >= 0.6 is 11.3 Å². The summed E-state index contributed by atoms with van der Waals surface area (Å²) >= 11 is 1.44. The minimum Gasteiger partial charge on any atom is -0.489 e. The number of thiophene rings is 1. The number of hydrogen-bond acceptors (Lipinski definition) is 4. The maximum atomic E-state index is 12.4. The Kier molecular flexibility index (Phi) is 5.96. The molecule has 0 unspecified atom stereocenters. The van der Waals surface area contributed by atoms with Crippen LogP contribution in [0.5, 0.6) is 5.75 Å². The van der Waals surface area contributed by atoms with Gasteiger partial charge in [-0.05, 0) is 50.8 Å². The molecule has 0 saturated heterocycles. The molecular formula is C21H25N3O2S. The Morgan fingerprint density at radius 2 is 2.07 bits per heavy atom. The van der Waals surface area contributed by atoms with E-state index in [9.17, 15) is 4.79 Å². The molecule has 0 bridgehead atoms. The Hall–Kier alpha value is -2.60. The Balaban J connectivity index is 1.56. The molecular weight excluding hydrogens is 358 g/mol. The maximum Gasteiger partial charge on any atom is 0.261 e. The Morgan fingerprint density at radius 1 is 1.26 bits per heavy atom. The normalized spacial score (nSPS) is 10.8. The summed E-state index contributed by atoms with van der Waals surface area (Å²) in [7, 11) is 0. The smallest absolute Gasteiger partial charge is 0.261 e. The van der Waals surface area contributed by atoms with Crippen LogP contribution in [0, 0.1) is 20.8 Å². The second-order valence-electron chi connectivity index (χ2n) is 6.63. The van der Waals surface area contributed by atoms with Gasteiger partial charge in [0.05, 0.1) is 11.1 Å². The number of benzene rings is 1. The number of carbonyl (C=O) groups excluding carboxylic acids is 1. The first-order chi connectivity index (χ1) is 13.0. The molecule has 0 aliphatic carbocycles. The first kappa shape index (κ1) is 19.2. The number of hydrogen-bond donors (Lipinski definition) is 1. The molecule has 2 heterocycles. The maximum absolute atomic E-state index is 12.4. The summed E-state index contributed by atoms with van der Waals surface area (Å²) in [5, 5.41) is 9.25. The van der Waals surface area contributed by atoms with Crippen molar-refractivity contribution >= 4 is 17.2 Å². The molecule has 142 valence electrons. The largest absolute Gasteiger partial charge is 0.489 e. The van der Waals surface area contributed by atoms with Crippen LogP contribution in [0.3, 0.4) is 0 Å². The lowest BCUT2D eigenvalue weighted by atomic mass is 10.1. The highest BCUT2D eigenvalue weighted by Gasteiger charge is 2.12. The van der Waals surface area contributed by atoms with Gasteiger partial charge in [0.15, 0.2) is 0 Å². The zero-order valence-electron chi connectivity index (χ0n) is 16.2. The standard InChI is InChI=1S/C21H25N3O2S/c1-5-24-16(4)18(11-23-24)10-22-21(25)20-9-17(13-27-20)12-26-19-7-6-14(2)8-15(19)3/h6-9,11,13H,5,10,12H2,1-4H3,(H,22,25). The predicted molar refractivity (Wildman–Crippen MR) is 108 cm³/mol. The van der Waals surface area contributed by atoms with Crippen LogP contribution in [0.4, 0.5) is 0 Å². The van der Waals surface area contributed by atoms with Crippen LogP contribution in [0.2, 0.25) is 0 Å². The summed E-state index contributed by atoms with van der Waals surface area (Å²) < 4.78 is 7.82. The number of amides is 1. The third-order valence-electron chi connectivity index (χ3n) is 4.55. The summed E-state index contributed by atoms with van der Waals surface area (Å²) in [5.74, 6) is 0.808. The molecule has 3 rings (SSSR count). The average Bonchev–Trinajstić information content (AvgIpc) is 3.26. The fourth-order valence-electron chi connectivity index (χ4n) is 2.93. The van der Waals surface area contributed by atoms with Crippen LogP contribution in [-0.2, 0) is 19.7 Å². The third kappa shape index (κ3) is 4.57. The van der Waals surface area contributed by atoms with Crippen molar-refractivity contribution in [3.05, 3.63) is 68.7 Å². The molecule has 0 saturated carbocycles. The number of aryl methyl sites for hydroxylation is 3. The van der Waals surface area contributed by atoms with Crippen LogP contribution in [-0.4, -0.2) is 15.7 Å². The van der Waals surface area contributed by atoms with Crippen molar-refractivity contribution in [2.45, 2.75) is 47.4 Å². The molecule has 0 fully saturated rings. The summed E-state index contributed by atoms with van der Waals surface area (Å²) in [4.78, 5) is 13.1. The molecule has 0 spiro atoms. The third-order valence-corrected chi connectivity index (χ3v) is 5.52. The van der Waals surface area contributed by atoms with E-state index in [0.717, 1.165) is 34.7 Å². The van der Waals surface area contributed by atoms with E-state index in [1.165, 1.54) is 16.9 Å². The lowest BCUT2D eigenvalue weighted by Crippen LogP contribution is -2.22. The van der Waals surface area contributed by atoms with Gasteiger partial charge < -0.3 is 10.1 Å². The molecule has 1 N–H and O–H groups in total. The molecule has 0 atom stereocenters. The van der Waals surface area contributed by atoms with Gasteiger partial charge in [-0.1, -0.05) is 17.7 Å². The first-order valence-electron chi connectivity index (χ1n) is 9.05. The van der Waals surface area contributed by atoms with Gasteiger partial charge >= 0.3 is 0 Å². The minimum absolute atomic E-state index is 0.0681. The second-order valence-corrected chi connectivity index (χ2v) is 7.54. The number of aromatic nitrogens is 2. The molecule has 3 aromatic rings. The summed E-state index contributed by atoms with van der Waals surface area (Å²) in [6.07, 6.45) is 1.82. The van der Waals surface area contributed by atoms with Gasteiger partial charge in [-0.25, -0.2) is 0 Å². The molecule has 6 heteroatoms. The van der Waals surface area contributed by atoms with Crippen molar-refractivity contribution in [3.63, 3.8) is 0 Å². The fourth-order valence-corrected chi connectivity index (χ4v) is 3.75. The zero-order chi connectivity index (χ0) is 19.4. The van der Waals surface area contributed by atoms with Gasteiger partial charge in [-0.15, -0.1) is 11.3 Å². The molecule has 0 aliphatic heterocycles. The van der Waals surface area contributed by atoms with Crippen molar-refractivity contribution in [2.75, 3.05) is 0 Å². The number of rotatable bonds is 7. The van der Waals surface area contributed by atoms with Crippen molar-refractivity contribution in [2.24, 2.45) is 0 Å². The SMILES string of the molecule is CCn1ncc(CNC(=O)c2cc(COc3ccc(C)cc3C)cs2)c1C. The van der Waals surface area contributed by atoms with E-state index in [1.54, 1.807) is 0 Å². The van der Waals surface area contributed by atoms with Gasteiger partial charge in [0.25, 0.3) is 5.91 Å². The minimum atomic E-state index is -0.0681. The van der Waals surface area contributed by atoms with Crippen LogP contribution in [0.25, 0.3) is 0 Å². The van der Waals surface area contributed by atoms with Gasteiger partial charge in [0.2, 0.25) is 0 Å². The molecule has 27 heavy (non-hydrogen) atoms. The van der Waals surface area contributed by atoms with E-state index in [-0.39, 0.29) is 5.91 Å². The predicted octanol–water partition coefficient (Wildman–Crippen LogP) is 4.40. The molecule has 0 aliphatic rings. The van der Waals surface area contributed by atoms with E-state index in [4.69, 9.17) is 4.74 Å². The topological polar surface area (TPSA) is 56.2 Å². The lowest BCUT2D eigenvalue weighted by Gasteiger charge is -2.08. The van der Waals surface area contributed by atoms with Gasteiger partial charge in [0.1, 0.15) is 12.4 Å². The molecule has 5 nitrogen and oxygen atoms in total. The number of nitrogens with one attached hydrogen (secondary N) is 1. The Bertz CT molecular complexity index is 943. The number of ether oxygens (including phenoxy) is 1. The zero-order valence-corrected chi connectivity index (χ0v) is 17.0. The molecule has 1 amide bonds. The van der Waals surface area contributed by atoms with Crippen LogP contribution < -0.4 is 10.1 Å². The lowest BCUT2D eigenvalue weighted by molar-refractivity contribution is 0.0955. The second kappa shape index (κ2) is 8.39. The molecule has 2 aromatic heterocycles. The van der Waals surface area contributed by atoms with Gasteiger partial charge in [-0.2, -0.15) is 5.10 Å². The van der Waals surface area contributed by atoms with Crippen LogP contribution in [0.1, 0.15) is 44.5 Å². The molecule has 0 radical (unpaired) electrons. The summed E-state index contributed by atoms with van der Waals surface area (Å²) in [6.45, 7) is 9.94. The highest BCUT2D eigenvalue weighted by Crippen LogP contribution is 2.22. The van der Waals surface area contributed by atoms with E-state index in [2.05, 4.69) is 30.3 Å². The van der Waals surface area contributed by atoms with Gasteiger partial charge in [-0.3, -0.25) is 9.48 Å². The van der Waals surface area contributed by atoms with Crippen molar-refractivity contribution in [1.82, 2.24) is 15.1 Å². The number of nitrogens with zero attached hydrogens (tertiary/aromatic N) is 2. The van der Waals surface area contributed by atoms with E-state index in [1.807, 2.05) is 48.3 Å². The van der Waals surface area contributed by atoms with Crippen molar-refractivity contribution in [3.8, 4) is 5.75 Å². The Labute approximate surface area is 164 Å². The van der Waals surface area contributed by atoms with Crippen LogP contribution in [0.15, 0.2) is 35.8 Å². The average molecular weight is 384 g/mol. The van der Waals surface area contributed by atoms with E-state index >= 15 is 0 Å². The van der Waals surface area contributed by atoms with E-state index in [0.29, 0.717) is 18.0 Å². The van der Waals surface area contributed by atoms with Crippen molar-refractivity contribution < 1.29 is 9.53 Å². The Morgan fingerprint density at radius 3 is 2.78 bits per heavy atom. The monoisotopic (exact) mass is 383 g/mol. The first-order valence-corrected chi connectivity index (χ1v) is 9.92. The quantitative estimate of drug-likeness (QED) is 0.658. The summed E-state index contributed by atoms with van der Waals surface area (Å²) in [5.41, 5.74) is 5.46. The highest BCUT2D eigenvalue weighted by atomic mass is 32.1. The number of carbonyl (C=O) groups is 1. The molecule has 1 aromatic carbocycles. The highest BCUT2D eigenvalue weighted by molar-refractivity contribution is 7.12. The fraction of sp³-hybridized carbons (Fsp3) is 0.333. The van der Waals surface area contributed by atoms with Gasteiger partial charge in [0, 0.05) is 29.9 Å². The van der Waals surface area contributed by atoms with Crippen molar-refractivity contribution in [1.29, 1.82) is 0 Å². The summed E-state index contributed by atoms with van der Waals surface area (Å²) in [6, 6.07) is 8.03.